The zero-order valence-corrected chi connectivity index (χ0v) is 27.5. The van der Waals surface area contributed by atoms with Crippen molar-refractivity contribution in [2.75, 3.05) is 25.2 Å². The van der Waals surface area contributed by atoms with Gasteiger partial charge >= 0.3 is 6.03 Å². The molecule has 10 nitrogen and oxygen atoms in total. The summed E-state index contributed by atoms with van der Waals surface area (Å²) in [4.78, 5) is 40.3. The summed E-state index contributed by atoms with van der Waals surface area (Å²) in [7, 11) is 1.46. The smallest absolute Gasteiger partial charge is 0.335 e. The first-order valence-electron chi connectivity index (χ1n) is 15.4. The fourth-order valence-electron chi connectivity index (χ4n) is 4.86. The number of halogens is 1. The van der Waals surface area contributed by atoms with E-state index in [4.69, 9.17) is 35.3 Å². The molecule has 0 unspecified atom stereocenters. The molecule has 4 aromatic carbocycles. The average molecular weight is 671 g/mol. The molecular weight excluding hydrogens is 636 g/mol. The van der Waals surface area contributed by atoms with Crippen LogP contribution in [0.4, 0.5) is 10.5 Å². The van der Waals surface area contributed by atoms with Gasteiger partial charge in [0.2, 0.25) is 0 Å². The molecule has 0 atom stereocenters. The number of imide groups is 2. The predicted octanol–water partition coefficient (Wildman–Crippen LogP) is 7.36. The Labute approximate surface area is 283 Å². The second kappa shape index (κ2) is 15.9. The van der Waals surface area contributed by atoms with Crippen LogP contribution in [0.3, 0.4) is 0 Å². The van der Waals surface area contributed by atoms with Crippen molar-refractivity contribution in [3.05, 3.63) is 112 Å². The van der Waals surface area contributed by atoms with Crippen molar-refractivity contribution in [3.63, 3.8) is 0 Å². The van der Waals surface area contributed by atoms with Crippen LogP contribution in [0.5, 0.6) is 28.7 Å². The summed E-state index contributed by atoms with van der Waals surface area (Å²) in [5.74, 6) is 0.645. The fraction of sp³-hybridized carbons (Fsp3) is 0.216. The van der Waals surface area contributed by atoms with Gasteiger partial charge in [0.15, 0.2) is 23.0 Å². The van der Waals surface area contributed by atoms with E-state index < -0.39 is 17.8 Å². The molecule has 248 valence electrons. The van der Waals surface area contributed by atoms with E-state index in [9.17, 15) is 14.4 Å². The number of amides is 4. The Hall–Kier alpha value is -5.48. The largest absolute Gasteiger partial charge is 0.493 e. The van der Waals surface area contributed by atoms with E-state index in [1.807, 2.05) is 62.4 Å². The standard InChI is InChI=1S/C37H35ClN2O8/c1-4-17-46-31-16-13-28(21-33(31)44-3)40-36(42)29(35(41)39-37(40)43)20-26-19-27(38)12-15-30(26)47-23-25-11-14-32(34(18-25)45-5-2)48-22-24-9-7-6-8-10-24/h6-16,18-21H,4-5,17,22-23H2,1-3H3,(H,39,41,43)/b29-20-. The highest BCUT2D eigenvalue weighted by Crippen LogP contribution is 2.35. The van der Waals surface area contributed by atoms with Crippen molar-refractivity contribution in [3.8, 4) is 28.7 Å². The lowest BCUT2D eigenvalue weighted by Gasteiger charge is -2.27. The maximum Gasteiger partial charge on any atom is 0.335 e. The van der Waals surface area contributed by atoms with Crippen molar-refractivity contribution in [2.45, 2.75) is 33.5 Å². The van der Waals surface area contributed by atoms with Gasteiger partial charge in [0.25, 0.3) is 11.8 Å². The lowest BCUT2D eigenvalue weighted by molar-refractivity contribution is -0.122. The molecule has 1 saturated heterocycles. The first-order chi connectivity index (χ1) is 23.3. The van der Waals surface area contributed by atoms with E-state index in [0.717, 1.165) is 22.4 Å². The molecule has 48 heavy (non-hydrogen) atoms. The summed E-state index contributed by atoms with van der Waals surface area (Å²) in [5.41, 5.74) is 2.10. The first kappa shape index (κ1) is 33.9. The number of ether oxygens (including phenoxy) is 5. The Morgan fingerprint density at radius 3 is 2.19 bits per heavy atom. The number of urea groups is 1. The van der Waals surface area contributed by atoms with Crippen LogP contribution in [0.1, 0.15) is 37.0 Å². The van der Waals surface area contributed by atoms with Gasteiger partial charge in [-0.3, -0.25) is 14.9 Å². The third kappa shape index (κ3) is 8.08. The molecule has 11 heteroatoms. The van der Waals surface area contributed by atoms with Gasteiger partial charge in [-0.1, -0.05) is 54.9 Å². The van der Waals surface area contributed by atoms with Gasteiger partial charge in [-0.15, -0.1) is 0 Å². The Balaban J connectivity index is 1.37. The number of methoxy groups -OCH3 is 1. The summed E-state index contributed by atoms with van der Waals surface area (Å²) in [6.07, 6.45) is 2.13. The highest BCUT2D eigenvalue weighted by Gasteiger charge is 2.37. The minimum atomic E-state index is -0.893. The SMILES string of the molecule is CCCOc1ccc(N2C(=O)NC(=O)/C(=C/c3cc(Cl)ccc3OCc3ccc(OCc4ccccc4)c(OCC)c3)C2=O)cc1OC. The summed E-state index contributed by atoms with van der Waals surface area (Å²) in [5, 5.41) is 2.60. The molecule has 0 aromatic heterocycles. The van der Waals surface area contributed by atoms with E-state index in [1.165, 1.54) is 19.3 Å². The number of hydrogen-bond donors (Lipinski definition) is 1. The minimum absolute atomic E-state index is 0.133. The highest BCUT2D eigenvalue weighted by molar-refractivity contribution is 6.39. The van der Waals surface area contributed by atoms with E-state index >= 15 is 0 Å². The van der Waals surface area contributed by atoms with Crippen LogP contribution in [-0.4, -0.2) is 38.2 Å². The van der Waals surface area contributed by atoms with Gasteiger partial charge in [0.05, 0.1) is 26.0 Å². The van der Waals surface area contributed by atoms with E-state index in [2.05, 4.69) is 5.32 Å². The molecule has 1 N–H and O–H groups in total. The van der Waals surface area contributed by atoms with Crippen LogP contribution in [-0.2, 0) is 22.8 Å². The molecular formula is C37H35ClN2O8. The number of nitrogens with one attached hydrogen (secondary N) is 1. The van der Waals surface area contributed by atoms with E-state index in [0.29, 0.717) is 59.2 Å². The van der Waals surface area contributed by atoms with Crippen LogP contribution < -0.4 is 33.9 Å². The molecule has 0 bridgehead atoms. The molecule has 1 aliphatic rings. The zero-order chi connectivity index (χ0) is 34.0. The molecule has 0 saturated carbocycles. The second-order valence-corrected chi connectivity index (χ2v) is 11.0. The van der Waals surface area contributed by atoms with Gasteiger partial charge in [-0.05, 0) is 73.0 Å². The topological polar surface area (TPSA) is 113 Å². The molecule has 1 heterocycles. The van der Waals surface area contributed by atoms with Crippen LogP contribution in [0.15, 0.2) is 90.5 Å². The Morgan fingerprint density at radius 2 is 1.44 bits per heavy atom. The molecule has 4 aromatic rings. The van der Waals surface area contributed by atoms with Crippen LogP contribution >= 0.6 is 11.6 Å². The highest BCUT2D eigenvalue weighted by atomic mass is 35.5. The van der Waals surface area contributed by atoms with Crippen molar-refractivity contribution in [2.24, 2.45) is 0 Å². The third-order valence-electron chi connectivity index (χ3n) is 7.18. The number of rotatable bonds is 14. The predicted molar refractivity (Wildman–Crippen MR) is 182 cm³/mol. The number of barbiturate groups is 1. The van der Waals surface area contributed by atoms with E-state index in [-0.39, 0.29) is 17.9 Å². The molecule has 1 aliphatic heterocycles. The maximum atomic E-state index is 13.7. The van der Waals surface area contributed by atoms with Crippen LogP contribution in [0.2, 0.25) is 5.02 Å². The van der Waals surface area contributed by atoms with Crippen molar-refractivity contribution in [1.82, 2.24) is 5.32 Å². The summed E-state index contributed by atoms with van der Waals surface area (Å²) < 4.78 is 29.1. The normalized spacial score (nSPS) is 13.7. The Kier molecular flexibility index (Phi) is 11.2. The van der Waals surface area contributed by atoms with Gasteiger partial charge in [-0.25, -0.2) is 9.69 Å². The molecule has 4 amide bonds. The Morgan fingerprint density at radius 1 is 0.729 bits per heavy atom. The quantitative estimate of drug-likeness (QED) is 0.109. The van der Waals surface area contributed by atoms with Gasteiger partial charge in [-0.2, -0.15) is 0 Å². The van der Waals surface area contributed by atoms with E-state index in [1.54, 1.807) is 30.3 Å². The number of hydrogen-bond acceptors (Lipinski definition) is 8. The number of nitrogens with zero attached hydrogens (tertiary/aromatic N) is 1. The third-order valence-corrected chi connectivity index (χ3v) is 7.42. The maximum absolute atomic E-state index is 13.7. The van der Waals surface area contributed by atoms with Gasteiger partial charge < -0.3 is 23.7 Å². The molecule has 1 fully saturated rings. The van der Waals surface area contributed by atoms with Gasteiger partial charge in [0, 0.05) is 16.7 Å². The van der Waals surface area contributed by atoms with Crippen LogP contribution in [0, 0.1) is 0 Å². The lowest BCUT2D eigenvalue weighted by Crippen LogP contribution is -2.54. The van der Waals surface area contributed by atoms with Crippen molar-refractivity contribution < 1.29 is 38.1 Å². The number of benzene rings is 4. The number of anilines is 1. The molecule has 5 rings (SSSR count). The monoisotopic (exact) mass is 670 g/mol. The summed E-state index contributed by atoms with van der Waals surface area (Å²) >= 11 is 6.31. The number of carbonyl (C=O) groups is 3. The van der Waals surface area contributed by atoms with Crippen molar-refractivity contribution in [1.29, 1.82) is 0 Å². The lowest BCUT2D eigenvalue weighted by atomic mass is 10.1. The minimum Gasteiger partial charge on any atom is -0.493 e. The molecule has 0 aliphatic carbocycles. The Bertz CT molecular complexity index is 1830. The zero-order valence-electron chi connectivity index (χ0n) is 26.8. The summed E-state index contributed by atoms with van der Waals surface area (Å²) in [6.45, 7) is 5.29. The van der Waals surface area contributed by atoms with Crippen molar-refractivity contribution >= 4 is 41.2 Å². The fourth-order valence-corrected chi connectivity index (χ4v) is 5.04. The first-order valence-corrected chi connectivity index (χ1v) is 15.8. The molecule has 0 radical (unpaired) electrons. The van der Waals surface area contributed by atoms with Gasteiger partial charge in [0.1, 0.15) is 24.5 Å². The van der Waals surface area contributed by atoms with Crippen LogP contribution in [0.25, 0.3) is 6.08 Å². The molecule has 0 spiro atoms. The number of carbonyl (C=O) groups excluding carboxylic acids is 3. The second-order valence-electron chi connectivity index (χ2n) is 10.6. The average Bonchev–Trinajstić information content (AvgIpc) is 3.09. The summed E-state index contributed by atoms with van der Waals surface area (Å²) in [6, 6.07) is 24.0.